The first kappa shape index (κ1) is 19.9. The Hall–Kier alpha value is -2.99. The normalized spacial score (nSPS) is 32.5. The molecule has 160 valence electrons. The molecule has 0 unspecified atom stereocenters. The second-order valence-corrected chi connectivity index (χ2v) is 9.09. The molecule has 1 aromatic heterocycles. The molecule has 0 amide bonds. The highest BCUT2D eigenvalue weighted by Crippen LogP contribution is 2.52. The van der Waals surface area contributed by atoms with Crippen LogP contribution in [0.3, 0.4) is 0 Å². The predicted octanol–water partition coefficient (Wildman–Crippen LogP) is 3.74. The molecule has 2 heterocycles. The minimum Gasteiger partial charge on any atom is -0.458 e. The van der Waals surface area contributed by atoms with Gasteiger partial charge in [-0.3, -0.25) is 4.98 Å². The van der Waals surface area contributed by atoms with Crippen LogP contribution in [0.2, 0.25) is 0 Å². The summed E-state index contributed by atoms with van der Waals surface area (Å²) in [7, 11) is 0. The van der Waals surface area contributed by atoms with Crippen molar-refractivity contribution in [2.75, 3.05) is 0 Å². The van der Waals surface area contributed by atoms with Gasteiger partial charge in [0.25, 0.3) is 0 Å². The lowest BCUT2D eigenvalue weighted by Crippen LogP contribution is -2.40. The fourth-order valence-electron chi connectivity index (χ4n) is 5.43. The highest BCUT2D eigenvalue weighted by molar-refractivity contribution is 5.94. The molecule has 0 radical (unpaired) electrons. The Labute approximate surface area is 180 Å². The maximum atomic E-state index is 13.0. The second kappa shape index (κ2) is 7.02. The highest BCUT2D eigenvalue weighted by atomic mass is 16.6. The molecule has 2 aliphatic carbocycles. The number of carbonyl (C=O) groups is 2. The minimum absolute atomic E-state index is 0.298. The van der Waals surface area contributed by atoms with E-state index < -0.39 is 29.7 Å². The molecule has 31 heavy (non-hydrogen) atoms. The zero-order valence-corrected chi connectivity index (χ0v) is 17.6. The topological polar surface area (TPSA) is 85.7 Å². The van der Waals surface area contributed by atoms with Crippen molar-refractivity contribution < 1.29 is 24.2 Å². The first-order valence-electron chi connectivity index (χ1n) is 10.6. The molecule has 0 spiro atoms. The Bertz CT molecular complexity index is 1150. The molecule has 6 heteroatoms. The summed E-state index contributed by atoms with van der Waals surface area (Å²) < 4.78 is 11.6. The SMILES string of the molecule is C=C1C(=O)O[C@H]2[C@H]1C[C@H](OC(=O)c1ccc3ncccc3c1)C(C)=C1CC[C@@](C)(O)[C@@H]12. The lowest BCUT2D eigenvalue weighted by atomic mass is 9.79. The number of hydrogen-bond acceptors (Lipinski definition) is 6. The number of aromatic nitrogens is 1. The van der Waals surface area contributed by atoms with Gasteiger partial charge in [0.1, 0.15) is 12.2 Å². The van der Waals surface area contributed by atoms with Crippen LogP contribution in [0.25, 0.3) is 10.9 Å². The number of hydrogen-bond donors (Lipinski definition) is 1. The van der Waals surface area contributed by atoms with Crippen molar-refractivity contribution in [2.45, 2.75) is 50.9 Å². The van der Waals surface area contributed by atoms with Crippen LogP contribution in [0.4, 0.5) is 0 Å². The quantitative estimate of drug-likeness (QED) is 0.453. The largest absolute Gasteiger partial charge is 0.458 e. The molecule has 1 saturated heterocycles. The summed E-state index contributed by atoms with van der Waals surface area (Å²) in [6, 6.07) is 9.02. The third kappa shape index (κ3) is 3.17. The molecule has 2 aromatic rings. The van der Waals surface area contributed by atoms with Crippen molar-refractivity contribution in [3.8, 4) is 0 Å². The lowest BCUT2D eigenvalue weighted by molar-refractivity contribution is -0.144. The van der Waals surface area contributed by atoms with Crippen LogP contribution in [0, 0.1) is 11.8 Å². The molecule has 5 rings (SSSR count). The van der Waals surface area contributed by atoms with Gasteiger partial charge in [-0.2, -0.15) is 0 Å². The fraction of sp³-hybridized carbons (Fsp3) is 0.400. The number of benzene rings is 1. The number of carbonyl (C=O) groups excluding carboxylic acids is 2. The van der Waals surface area contributed by atoms with Gasteiger partial charge in [-0.25, -0.2) is 9.59 Å². The molecule has 1 saturated carbocycles. The van der Waals surface area contributed by atoms with Crippen molar-refractivity contribution >= 4 is 22.8 Å². The van der Waals surface area contributed by atoms with Crippen molar-refractivity contribution in [1.82, 2.24) is 4.98 Å². The van der Waals surface area contributed by atoms with Crippen LogP contribution in [0.5, 0.6) is 0 Å². The van der Waals surface area contributed by atoms with Crippen molar-refractivity contribution in [1.29, 1.82) is 0 Å². The summed E-state index contributed by atoms with van der Waals surface area (Å²) in [5.41, 5.74) is 2.64. The van der Waals surface area contributed by atoms with Gasteiger partial charge in [0.2, 0.25) is 0 Å². The maximum absolute atomic E-state index is 13.0. The van der Waals surface area contributed by atoms with E-state index in [-0.39, 0.29) is 11.8 Å². The summed E-state index contributed by atoms with van der Waals surface area (Å²) in [4.78, 5) is 29.6. The number of aliphatic hydroxyl groups is 1. The molecule has 1 aromatic carbocycles. The number of rotatable bonds is 2. The van der Waals surface area contributed by atoms with E-state index in [4.69, 9.17) is 9.47 Å². The molecule has 1 aliphatic heterocycles. The minimum atomic E-state index is -0.978. The van der Waals surface area contributed by atoms with Crippen molar-refractivity contribution in [2.24, 2.45) is 11.8 Å². The molecule has 2 fully saturated rings. The van der Waals surface area contributed by atoms with E-state index in [1.807, 2.05) is 19.1 Å². The summed E-state index contributed by atoms with van der Waals surface area (Å²) in [6.07, 6.45) is 2.41. The Balaban J connectivity index is 1.49. The average Bonchev–Trinajstić information content (AvgIpc) is 3.17. The third-order valence-electron chi connectivity index (χ3n) is 7.17. The maximum Gasteiger partial charge on any atom is 0.338 e. The van der Waals surface area contributed by atoms with Gasteiger partial charge in [0, 0.05) is 29.0 Å². The molecule has 6 nitrogen and oxygen atoms in total. The van der Waals surface area contributed by atoms with Gasteiger partial charge >= 0.3 is 11.9 Å². The average molecular weight is 419 g/mol. The molecular weight excluding hydrogens is 394 g/mol. The summed E-state index contributed by atoms with van der Waals surface area (Å²) in [6.45, 7) is 7.68. The van der Waals surface area contributed by atoms with E-state index >= 15 is 0 Å². The summed E-state index contributed by atoms with van der Waals surface area (Å²) in [5, 5.41) is 11.9. The van der Waals surface area contributed by atoms with E-state index in [2.05, 4.69) is 11.6 Å². The van der Waals surface area contributed by atoms with E-state index in [1.54, 1.807) is 31.3 Å². The lowest BCUT2D eigenvalue weighted by Gasteiger charge is -2.32. The monoisotopic (exact) mass is 419 g/mol. The molecular formula is C25H25NO5. The van der Waals surface area contributed by atoms with Gasteiger partial charge in [0.15, 0.2) is 0 Å². The smallest absolute Gasteiger partial charge is 0.338 e. The van der Waals surface area contributed by atoms with Crippen molar-refractivity contribution in [3.63, 3.8) is 0 Å². The predicted molar refractivity (Wildman–Crippen MR) is 114 cm³/mol. The first-order chi connectivity index (χ1) is 14.8. The van der Waals surface area contributed by atoms with Crippen molar-refractivity contribution in [3.05, 3.63) is 65.4 Å². The Morgan fingerprint density at radius 3 is 2.97 bits per heavy atom. The van der Waals surface area contributed by atoms with Crippen LogP contribution < -0.4 is 0 Å². The zero-order chi connectivity index (χ0) is 21.9. The van der Waals surface area contributed by atoms with E-state index in [0.717, 1.165) is 22.0 Å². The van der Waals surface area contributed by atoms with Gasteiger partial charge in [-0.15, -0.1) is 0 Å². The van der Waals surface area contributed by atoms with Gasteiger partial charge in [-0.05, 0) is 62.9 Å². The zero-order valence-electron chi connectivity index (χ0n) is 17.6. The summed E-state index contributed by atoms with van der Waals surface area (Å²) >= 11 is 0. The number of nitrogens with zero attached hydrogens (tertiary/aromatic N) is 1. The Kier molecular flexibility index (Phi) is 4.52. The Morgan fingerprint density at radius 2 is 2.16 bits per heavy atom. The standard InChI is InChI=1S/C25H25NO5/c1-13-17-8-9-25(3,29)21(17)22-18(14(2)23(27)31-22)12-20(13)30-24(28)16-6-7-19-15(11-16)5-4-10-26-19/h4-7,10-11,18,20-22,29H,2,8-9,12H2,1,3H3/t18-,20-,21-,22-,25+/m0/s1. The van der Waals surface area contributed by atoms with Crippen LogP contribution in [-0.2, 0) is 14.3 Å². The number of ether oxygens (including phenoxy) is 2. The van der Waals surface area contributed by atoms with Crippen LogP contribution in [-0.4, -0.2) is 39.8 Å². The Morgan fingerprint density at radius 1 is 1.35 bits per heavy atom. The second-order valence-electron chi connectivity index (χ2n) is 9.09. The van der Waals surface area contributed by atoms with Gasteiger partial charge < -0.3 is 14.6 Å². The number of pyridine rings is 1. The van der Waals surface area contributed by atoms with E-state index in [9.17, 15) is 14.7 Å². The van der Waals surface area contributed by atoms with E-state index in [0.29, 0.717) is 30.4 Å². The van der Waals surface area contributed by atoms with Crippen LogP contribution in [0.1, 0.15) is 43.5 Å². The molecule has 3 aliphatic rings. The van der Waals surface area contributed by atoms with Crippen LogP contribution >= 0.6 is 0 Å². The fourth-order valence-corrected chi connectivity index (χ4v) is 5.43. The van der Waals surface area contributed by atoms with Gasteiger partial charge in [0.05, 0.1) is 16.7 Å². The van der Waals surface area contributed by atoms with Crippen LogP contribution in [0.15, 0.2) is 59.8 Å². The molecule has 0 bridgehead atoms. The third-order valence-corrected chi connectivity index (χ3v) is 7.17. The first-order valence-corrected chi connectivity index (χ1v) is 10.6. The molecule has 5 atom stereocenters. The number of fused-ring (bicyclic) bond motifs is 4. The summed E-state index contributed by atoms with van der Waals surface area (Å²) in [5.74, 6) is -1.46. The number of esters is 2. The highest BCUT2D eigenvalue weighted by Gasteiger charge is 2.56. The van der Waals surface area contributed by atoms with E-state index in [1.165, 1.54) is 0 Å². The van der Waals surface area contributed by atoms with Gasteiger partial charge in [-0.1, -0.05) is 18.2 Å². The molecule has 1 N–H and O–H groups in total.